The molecule has 1 atom stereocenters. The average molecular weight is 353 g/mol. The topological polar surface area (TPSA) is 36.9 Å². The molecule has 1 rings (SSSR count). The van der Waals surface area contributed by atoms with Gasteiger partial charge in [-0.25, -0.2) is 0 Å². The second kappa shape index (κ2) is 6.07. The largest absolute Gasteiger partial charge is 0.416 e. The molecule has 120 valence electrons. The lowest BCUT2D eigenvalue weighted by Crippen LogP contribution is -2.65. The van der Waals surface area contributed by atoms with E-state index in [2.05, 4.69) is 59.7 Å². The van der Waals surface area contributed by atoms with E-state index in [4.69, 9.17) is 16.5 Å². The highest BCUT2D eigenvalue weighted by Crippen LogP contribution is 2.34. The number of hydrogen-bond acceptors (Lipinski definition) is 4. The van der Waals surface area contributed by atoms with Gasteiger partial charge in [-0.3, -0.25) is 0 Å². The molecule has 0 radical (unpaired) electrons. The second-order valence-electron chi connectivity index (χ2n) is 7.46. The zero-order valence-electron chi connectivity index (χ0n) is 14.6. The Labute approximate surface area is 129 Å². The van der Waals surface area contributed by atoms with E-state index >= 15 is 0 Å². The van der Waals surface area contributed by atoms with Crippen LogP contribution in [0.4, 0.5) is 0 Å². The third kappa shape index (κ3) is 5.83. The van der Waals surface area contributed by atoms with Gasteiger partial charge in [-0.15, -0.1) is 0 Å². The van der Waals surface area contributed by atoms with Crippen molar-refractivity contribution in [2.45, 2.75) is 72.1 Å². The van der Waals surface area contributed by atoms with Crippen LogP contribution in [-0.4, -0.2) is 34.2 Å². The number of rotatable bonds is 3. The molecule has 1 unspecified atom stereocenters. The summed E-state index contributed by atoms with van der Waals surface area (Å²) in [6.45, 7) is 19.4. The Kier molecular flexibility index (Phi) is 5.69. The zero-order valence-corrected chi connectivity index (χ0v) is 18.6. The standard InChI is InChI=1S/C12H32O4Si4/c1-10-12(2)11-20(9)15-18(5,6)13-17(3,4)14-19(7,8)16-20/h12H,10-11H2,1-9H3. The van der Waals surface area contributed by atoms with E-state index < -0.39 is 34.2 Å². The highest BCUT2D eigenvalue weighted by molar-refractivity contribution is 6.93. The molecule has 1 saturated heterocycles. The van der Waals surface area contributed by atoms with Crippen LogP contribution in [0.5, 0.6) is 0 Å². The van der Waals surface area contributed by atoms with E-state index in [1.165, 1.54) is 0 Å². The molecule has 0 N–H and O–H groups in total. The Morgan fingerprint density at radius 3 is 1.40 bits per heavy atom. The van der Waals surface area contributed by atoms with Crippen LogP contribution in [0, 0.1) is 5.92 Å². The molecule has 0 aromatic heterocycles. The van der Waals surface area contributed by atoms with E-state index in [-0.39, 0.29) is 0 Å². The summed E-state index contributed by atoms with van der Waals surface area (Å²) in [6, 6.07) is 1.02. The molecule has 0 aromatic rings. The van der Waals surface area contributed by atoms with Crippen molar-refractivity contribution >= 4 is 34.2 Å². The lowest BCUT2D eigenvalue weighted by Gasteiger charge is -2.48. The van der Waals surface area contributed by atoms with Crippen molar-refractivity contribution in [1.82, 2.24) is 0 Å². The molecular formula is C12H32O4Si4. The minimum Gasteiger partial charge on any atom is -0.416 e. The molecule has 1 heterocycles. The van der Waals surface area contributed by atoms with Crippen molar-refractivity contribution in [2.75, 3.05) is 0 Å². The summed E-state index contributed by atoms with van der Waals surface area (Å²) in [7, 11) is -8.78. The molecule has 0 amide bonds. The Balaban J connectivity index is 3.02. The van der Waals surface area contributed by atoms with Crippen LogP contribution in [0.25, 0.3) is 0 Å². The monoisotopic (exact) mass is 352 g/mol. The predicted molar refractivity (Wildman–Crippen MR) is 92.7 cm³/mol. The molecule has 0 spiro atoms. The summed E-state index contributed by atoms with van der Waals surface area (Å²) in [5, 5.41) is 0. The maximum atomic E-state index is 6.53. The fraction of sp³-hybridized carbons (Fsp3) is 1.00. The Morgan fingerprint density at radius 2 is 1.05 bits per heavy atom. The Hall–Kier alpha value is 0.708. The van der Waals surface area contributed by atoms with Crippen LogP contribution in [0.15, 0.2) is 0 Å². The first-order valence-corrected chi connectivity index (χ1v) is 18.6. The van der Waals surface area contributed by atoms with Gasteiger partial charge in [-0.1, -0.05) is 20.3 Å². The zero-order chi connectivity index (χ0) is 15.8. The third-order valence-electron chi connectivity index (χ3n) is 3.32. The highest BCUT2D eigenvalue weighted by atomic mass is 28.5. The summed E-state index contributed by atoms with van der Waals surface area (Å²) >= 11 is 0. The van der Waals surface area contributed by atoms with E-state index in [9.17, 15) is 0 Å². The van der Waals surface area contributed by atoms with Crippen LogP contribution in [0.3, 0.4) is 0 Å². The second-order valence-corrected chi connectivity index (χ2v) is 21.8. The summed E-state index contributed by atoms with van der Waals surface area (Å²) in [4.78, 5) is 0. The van der Waals surface area contributed by atoms with Crippen molar-refractivity contribution in [3.8, 4) is 0 Å². The van der Waals surface area contributed by atoms with E-state index in [0.717, 1.165) is 12.5 Å². The van der Waals surface area contributed by atoms with Crippen LogP contribution in [-0.2, 0) is 16.5 Å². The third-order valence-corrected chi connectivity index (χ3v) is 20.0. The fourth-order valence-electron chi connectivity index (χ4n) is 3.17. The first kappa shape index (κ1) is 18.8. The van der Waals surface area contributed by atoms with Crippen molar-refractivity contribution in [1.29, 1.82) is 0 Å². The van der Waals surface area contributed by atoms with Gasteiger partial charge in [0.15, 0.2) is 0 Å². The van der Waals surface area contributed by atoms with Crippen LogP contribution in [0.2, 0.25) is 51.9 Å². The Bertz CT molecular complexity index is 324. The van der Waals surface area contributed by atoms with Gasteiger partial charge >= 0.3 is 34.2 Å². The molecule has 1 aliphatic heterocycles. The van der Waals surface area contributed by atoms with Gasteiger partial charge in [0.25, 0.3) is 0 Å². The molecule has 1 fully saturated rings. The molecule has 1 aliphatic rings. The summed E-state index contributed by atoms with van der Waals surface area (Å²) < 4.78 is 25.7. The van der Waals surface area contributed by atoms with Gasteiger partial charge in [0, 0.05) is 0 Å². The quantitative estimate of drug-likeness (QED) is 0.710. The predicted octanol–water partition coefficient (Wildman–Crippen LogP) is 4.29. The molecule has 0 saturated carbocycles. The fourth-order valence-corrected chi connectivity index (χ4v) is 25.3. The van der Waals surface area contributed by atoms with E-state index in [0.29, 0.717) is 5.92 Å². The lowest BCUT2D eigenvalue weighted by atomic mass is 10.2. The van der Waals surface area contributed by atoms with Gasteiger partial charge in [0.1, 0.15) is 0 Å². The van der Waals surface area contributed by atoms with Crippen molar-refractivity contribution < 1.29 is 16.5 Å². The van der Waals surface area contributed by atoms with Crippen molar-refractivity contribution in [3.05, 3.63) is 0 Å². The molecular weight excluding hydrogens is 320 g/mol. The van der Waals surface area contributed by atoms with Gasteiger partial charge < -0.3 is 16.5 Å². The first-order chi connectivity index (χ1) is 8.78. The van der Waals surface area contributed by atoms with Crippen LogP contribution >= 0.6 is 0 Å². The van der Waals surface area contributed by atoms with Gasteiger partial charge in [0.2, 0.25) is 0 Å². The van der Waals surface area contributed by atoms with Gasteiger partial charge in [-0.2, -0.15) is 0 Å². The molecule has 8 heteroatoms. The maximum absolute atomic E-state index is 6.53. The minimum absolute atomic E-state index is 0.617. The number of hydrogen-bond donors (Lipinski definition) is 0. The lowest BCUT2D eigenvalue weighted by molar-refractivity contribution is 0.230. The SMILES string of the molecule is CCC(C)C[Si]1(C)O[Si](C)(C)O[Si](C)(C)O[Si](C)(C)O1. The smallest absolute Gasteiger partial charge is 0.317 e. The van der Waals surface area contributed by atoms with Crippen LogP contribution < -0.4 is 0 Å². The van der Waals surface area contributed by atoms with Crippen molar-refractivity contribution in [3.63, 3.8) is 0 Å². The minimum atomic E-state index is -2.24. The summed E-state index contributed by atoms with van der Waals surface area (Å²) in [5.74, 6) is 0.617. The van der Waals surface area contributed by atoms with Crippen LogP contribution in [0.1, 0.15) is 20.3 Å². The molecule has 0 bridgehead atoms. The average Bonchev–Trinajstić information content (AvgIpc) is 2.07. The molecule has 0 aromatic carbocycles. The van der Waals surface area contributed by atoms with Crippen molar-refractivity contribution in [2.24, 2.45) is 5.92 Å². The summed E-state index contributed by atoms with van der Waals surface area (Å²) in [5.41, 5.74) is 0. The Morgan fingerprint density at radius 1 is 0.700 bits per heavy atom. The molecule has 20 heavy (non-hydrogen) atoms. The maximum Gasteiger partial charge on any atom is 0.317 e. The van der Waals surface area contributed by atoms with E-state index in [1.54, 1.807) is 0 Å². The normalized spacial score (nSPS) is 29.2. The van der Waals surface area contributed by atoms with E-state index in [1.807, 2.05) is 0 Å². The molecule has 4 nitrogen and oxygen atoms in total. The first-order valence-electron chi connectivity index (χ1n) is 7.59. The van der Waals surface area contributed by atoms with Gasteiger partial charge in [0.05, 0.1) is 0 Å². The highest BCUT2D eigenvalue weighted by Gasteiger charge is 2.52. The summed E-state index contributed by atoms with van der Waals surface area (Å²) in [6.07, 6.45) is 1.15. The molecule has 0 aliphatic carbocycles. The van der Waals surface area contributed by atoms with Gasteiger partial charge in [-0.05, 0) is 57.8 Å².